The van der Waals surface area contributed by atoms with Crippen molar-refractivity contribution in [2.75, 3.05) is 43.5 Å². The molecule has 0 radical (unpaired) electrons. The van der Waals surface area contributed by atoms with Gasteiger partial charge in [0.1, 0.15) is 5.75 Å². The van der Waals surface area contributed by atoms with Crippen LogP contribution in [0.15, 0.2) is 48.5 Å². The Morgan fingerprint density at radius 3 is 2.46 bits per heavy atom. The fraction of sp³-hybridized carbons (Fsp3) is 0.350. The van der Waals surface area contributed by atoms with Gasteiger partial charge in [0.25, 0.3) is 0 Å². The van der Waals surface area contributed by atoms with Crippen LogP contribution in [0, 0.1) is 0 Å². The summed E-state index contributed by atoms with van der Waals surface area (Å²) in [5, 5.41) is 3.50. The predicted molar refractivity (Wildman–Crippen MR) is 106 cm³/mol. The van der Waals surface area contributed by atoms with Gasteiger partial charge in [0.15, 0.2) is 0 Å². The number of benzene rings is 2. The maximum absolute atomic E-state index is 12.7. The quantitative estimate of drug-likeness (QED) is 0.871. The molecular weight excluding hydrogens is 350 g/mol. The molecule has 5 nitrogen and oxygen atoms in total. The Balaban J connectivity index is 1.59. The second-order valence-electron chi connectivity index (χ2n) is 6.37. The number of methoxy groups -OCH3 is 1. The number of anilines is 2. The van der Waals surface area contributed by atoms with Crippen LogP contribution in [-0.2, 0) is 4.79 Å². The van der Waals surface area contributed by atoms with E-state index in [2.05, 4.69) is 39.4 Å². The highest BCUT2D eigenvalue weighted by Crippen LogP contribution is 2.28. The van der Waals surface area contributed by atoms with Crippen LogP contribution >= 0.6 is 11.6 Å². The molecule has 0 unspecified atom stereocenters. The number of carbonyl (C=O) groups excluding carboxylic acids is 1. The lowest BCUT2D eigenvalue weighted by molar-refractivity contribution is -0.120. The summed E-state index contributed by atoms with van der Waals surface area (Å²) in [4.78, 5) is 17.2. The summed E-state index contributed by atoms with van der Waals surface area (Å²) < 4.78 is 5.30. The van der Waals surface area contributed by atoms with E-state index in [-0.39, 0.29) is 11.9 Å². The molecule has 26 heavy (non-hydrogen) atoms. The van der Waals surface area contributed by atoms with Crippen LogP contribution < -0.4 is 15.0 Å². The summed E-state index contributed by atoms with van der Waals surface area (Å²) in [6, 6.07) is 15.3. The van der Waals surface area contributed by atoms with E-state index in [1.807, 2.05) is 13.0 Å². The molecule has 3 rings (SSSR count). The third-order valence-corrected chi connectivity index (χ3v) is 5.02. The first-order valence-electron chi connectivity index (χ1n) is 8.77. The molecule has 1 aliphatic heterocycles. The van der Waals surface area contributed by atoms with Gasteiger partial charge in [-0.15, -0.1) is 0 Å². The Hall–Kier alpha value is -2.24. The van der Waals surface area contributed by atoms with Gasteiger partial charge in [0, 0.05) is 36.9 Å². The molecule has 1 saturated heterocycles. The standard InChI is InChI=1S/C20H24ClN3O2/c1-15(20(25)22-18-14-16(21)8-9-19(18)26-2)23-10-12-24(13-11-23)17-6-4-3-5-7-17/h3-9,14-15H,10-13H2,1-2H3,(H,22,25)/t15-/m0/s1. The van der Waals surface area contributed by atoms with Crippen molar-refractivity contribution in [2.45, 2.75) is 13.0 Å². The first kappa shape index (κ1) is 18.5. The van der Waals surface area contributed by atoms with Crippen molar-refractivity contribution >= 4 is 28.9 Å². The molecule has 1 fully saturated rings. The van der Waals surface area contributed by atoms with Gasteiger partial charge in [-0.3, -0.25) is 9.69 Å². The van der Waals surface area contributed by atoms with Gasteiger partial charge in [0.2, 0.25) is 5.91 Å². The number of piperazine rings is 1. The van der Waals surface area contributed by atoms with Crippen molar-refractivity contribution in [3.8, 4) is 5.75 Å². The average Bonchev–Trinajstić information content (AvgIpc) is 2.68. The zero-order valence-corrected chi connectivity index (χ0v) is 15.9. The fourth-order valence-electron chi connectivity index (χ4n) is 3.19. The third-order valence-electron chi connectivity index (χ3n) is 4.78. The highest BCUT2D eigenvalue weighted by molar-refractivity contribution is 6.31. The zero-order valence-electron chi connectivity index (χ0n) is 15.1. The fourth-order valence-corrected chi connectivity index (χ4v) is 3.36. The van der Waals surface area contributed by atoms with Gasteiger partial charge in [0.05, 0.1) is 18.8 Å². The van der Waals surface area contributed by atoms with E-state index >= 15 is 0 Å². The van der Waals surface area contributed by atoms with E-state index < -0.39 is 0 Å². The van der Waals surface area contributed by atoms with E-state index in [0.717, 1.165) is 26.2 Å². The summed E-state index contributed by atoms with van der Waals surface area (Å²) in [6.45, 7) is 5.43. The summed E-state index contributed by atoms with van der Waals surface area (Å²) in [6.07, 6.45) is 0. The normalized spacial score (nSPS) is 16.2. The Labute approximate surface area is 159 Å². The molecule has 1 heterocycles. The van der Waals surface area contributed by atoms with E-state index in [9.17, 15) is 4.79 Å². The minimum Gasteiger partial charge on any atom is -0.495 e. The highest BCUT2D eigenvalue weighted by atomic mass is 35.5. The minimum atomic E-state index is -0.225. The SMILES string of the molecule is COc1ccc(Cl)cc1NC(=O)[C@H](C)N1CCN(c2ccccc2)CC1. The molecule has 2 aromatic rings. The number of rotatable bonds is 5. The van der Waals surface area contributed by atoms with Crippen LogP contribution in [0.2, 0.25) is 5.02 Å². The first-order valence-corrected chi connectivity index (χ1v) is 9.14. The summed E-state index contributed by atoms with van der Waals surface area (Å²) >= 11 is 6.04. The number of carbonyl (C=O) groups is 1. The highest BCUT2D eigenvalue weighted by Gasteiger charge is 2.26. The lowest BCUT2D eigenvalue weighted by Crippen LogP contribution is -2.52. The zero-order chi connectivity index (χ0) is 18.5. The number of ether oxygens (including phenoxy) is 1. The molecule has 1 atom stereocenters. The average molecular weight is 374 g/mol. The van der Waals surface area contributed by atoms with Gasteiger partial charge in [-0.25, -0.2) is 0 Å². The van der Waals surface area contributed by atoms with Crippen molar-refractivity contribution in [3.63, 3.8) is 0 Å². The molecule has 6 heteroatoms. The Morgan fingerprint density at radius 2 is 1.81 bits per heavy atom. The molecule has 0 aliphatic carbocycles. The molecule has 1 amide bonds. The first-order chi connectivity index (χ1) is 12.6. The maximum atomic E-state index is 12.7. The number of nitrogens with one attached hydrogen (secondary N) is 1. The van der Waals surface area contributed by atoms with E-state index in [1.54, 1.807) is 25.3 Å². The lowest BCUT2D eigenvalue weighted by Gasteiger charge is -2.38. The second-order valence-corrected chi connectivity index (χ2v) is 6.80. The molecule has 1 aliphatic rings. The molecule has 0 aromatic heterocycles. The van der Waals surface area contributed by atoms with Crippen molar-refractivity contribution in [2.24, 2.45) is 0 Å². The number of hydrogen-bond donors (Lipinski definition) is 1. The number of para-hydroxylation sites is 1. The molecule has 0 spiro atoms. The van der Waals surface area contributed by atoms with E-state index in [4.69, 9.17) is 16.3 Å². The monoisotopic (exact) mass is 373 g/mol. The topological polar surface area (TPSA) is 44.8 Å². The van der Waals surface area contributed by atoms with Gasteiger partial charge >= 0.3 is 0 Å². The van der Waals surface area contributed by atoms with Crippen LogP contribution in [0.4, 0.5) is 11.4 Å². The summed E-state index contributed by atoms with van der Waals surface area (Å²) in [5.41, 5.74) is 1.83. The van der Waals surface area contributed by atoms with Crippen molar-refractivity contribution in [1.82, 2.24) is 4.90 Å². The van der Waals surface area contributed by atoms with Gasteiger partial charge in [-0.05, 0) is 37.3 Å². The Morgan fingerprint density at radius 1 is 1.12 bits per heavy atom. The van der Waals surface area contributed by atoms with Crippen LogP contribution in [-0.4, -0.2) is 50.1 Å². The molecule has 138 valence electrons. The van der Waals surface area contributed by atoms with Crippen molar-refractivity contribution in [1.29, 1.82) is 0 Å². The number of halogens is 1. The largest absolute Gasteiger partial charge is 0.495 e. The van der Waals surface area contributed by atoms with E-state index in [1.165, 1.54) is 5.69 Å². The summed E-state index contributed by atoms with van der Waals surface area (Å²) in [7, 11) is 1.57. The molecule has 1 N–H and O–H groups in total. The van der Waals surface area contributed by atoms with Crippen molar-refractivity contribution in [3.05, 3.63) is 53.6 Å². The summed E-state index contributed by atoms with van der Waals surface area (Å²) in [5.74, 6) is 0.544. The lowest BCUT2D eigenvalue weighted by atomic mass is 10.2. The molecule has 0 saturated carbocycles. The maximum Gasteiger partial charge on any atom is 0.241 e. The number of amides is 1. The van der Waals surface area contributed by atoms with Crippen LogP contribution in [0.5, 0.6) is 5.75 Å². The molecule has 0 bridgehead atoms. The third kappa shape index (κ3) is 4.29. The van der Waals surface area contributed by atoms with Crippen molar-refractivity contribution < 1.29 is 9.53 Å². The second kappa shape index (κ2) is 8.43. The van der Waals surface area contributed by atoms with Crippen LogP contribution in [0.25, 0.3) is 0 Å². The Kier molecular flexibility index (Phi) is 6.01. The van der Waals surface area contributed by atoms with Crippen LogP contribution in [0.3, 0.4) is 0 Å². The van der Waals surface area contributed by atoms with Crippen LogP contribution in [0.1, 0.15) is 6.92 Å². The van der Waals surface area contributed by atoms with Gasteiger partial charge < -0.3 is 15.0 Å². The molecular formula is C20H24ClN3O2. The molecule has 2 aromatic carbocycles. The number of nitrogens with zero attached hydrogens (tertiary/aromatic N) is 2. The smallest absolute Gasteiger partial charge is 0.241 e. The van der Waals surface area contributed by atoms with Gasteiger partial charge in [-0.1, -0.05) is 29.8 Å². The Bertz CT molecular complexity index is 746. The minimum absolute atomic E-state index is 0.0567. The van der Waals surface area contributed by atoms with E-state index in [0.29, 0.717) is 16.5 Å². The predicted octanol–water partition coefficient (Wildman–Crippen LogP) is 3.50. The number of hydrogen-bond acceptors (Lipinski definition) is 4. The van der Waals surface area contributed by atoms with Gasteiger partial charge in [-0.2, -0.15) is 0 Å².